The standard InChI is InChI=1S/C20H32N2O4S/c1-2-3-15-26-16-9-12-21-20(23)18-10-8-11-19(17-18)27(24,25)22-13-6-4-5-7-14-22/h8,10-11,17H,2-7,9,12-16H2,1H3,(H,21,23). The van der Waals surface area contributed by atoms with Gasteiger partial charge >= 0.3 is 0 Å². The molecule has 0 bridgehead atoms. The summed E-state index contributed by atoms with van der Waals surface area (Å²) in [5.41, 5.74) is 0.373. The summed E-state index contributed by atoms with van der Waals surface area (Å²) in [4.78, 5) is 12.5. The van der Waals surface area contributed by atoms with E-state index in [0.717, 1.165) is 51.6 Å². The van der Waals surface area contributed by atoms with E-state index in [4.69, 9.17) is 4.74 Å². The van der Waals surface area contributed by atoms with Crippen LogP contribution < -0.4 is 5.32 Å². The van der Waals surface area contributed by atoms with Gasteiger partial charge in [-0.1, -0.05) is 32.3 Å². The largest absolute Gasteiger partial charge is 0.381 e. The Kier molecular flexibility index (Phi) is 9.24. The molecule has 0 aliphatic carbocycles. The monoisotopic (exact) mass is 396 g/mol. The minimum Gasteiger partial charge on any atom is -0.381 e. The maximum atomic E-state index is 12.9. The van der Waals surface area contributed by atoms with E-state index in [9.17, 15) is 13.2 Å². The molecule has 1 fully saturated rings. The number of ether oxygens (including phenoxy) is 1. The number of amides is 1. The van der Waals surface area contributed by atoms with Crippen LogP contribution in [-0.2, 0) is 14.8 Å². The molecule has 1 aliphatic heterocycles. The molecule has 152 valence electrons. The Morgan fingerprint density at radius 2 is 1.81 bits per heavy atom. The van der Waals surface area contributed by atoms with Crippen molar-refractivity contribution in [3.63, 3.8) is 0 Å². The zero-order valence-electron chi connectivity index (χ0n) is 16.3. The molecule has 2 rings (SSSR count). The van der Waals surface area contributed by atoms with Crippen molar-refractivity contribution >= 4 is 15.9 Å². The molecule has 7 heteroatoms. The number of benzene rings is 1. The summed E-state index contributed by atoms with van der Waals surface area (Å²) >= 11 is 0. The third-order valence-electron chi connectivity index (χ3n) is 4.69. The molecule has 0 unspecified atom stereocenters. The lowest BCUT2D eigenvalue weighted by Crippen LogP contribution is -2.32. The van der Waals surface area contributed by atoms with Gasteiger partial charge in [-0.2, -0.15) is 4.31 Å². The van der Waals surface area contributed by atoms with Crippen molar-refractivity contribution < 1.29 is 17.9 Å². The average molecular weight is 397 g/mol. The molecule has 0 radical (unpaired) electrons. The Labute approximate surface area is 163 Å². The second-order valence-corrected chi connectivity index (χ2v) is 8.86. The lowest BCUT2D eigenvalue weighted by molar-refractivity contribution is 0.0940. The Morgan fingerprint density at radius 1 is 1.11 bits per heavy atom. The summed E-state index contributed by atoms with van der Waals surface area (Å²) in [6.45, 7) is 5.09. The van der Waals surface area contributed by atoms with Crippen molar-refractivity contribution in [3.05, 3.63) is 29.8 Å². The van der Waals surface area contributed by atoms with Crippen LogP contribution in [-0.4, -0.2) is 51.5 Å². The molecule has 0 saturated carbocycles. The van der Waals surface area contributed by atoms with Crippen LogP contribution in [0.25, 0.3) is 0 Å². The summed E-state index contributed by atoms with van der Waals surface area (Å²) in [6, 6.07) is 6.33. The van der Waals surface area contributed by atoms with Gasteiger partial charge in [0.05, 0.1) is 4.90 Å². The predicted octanol–water partition coefficient (Wildman–Crippen LogP) is 3.19. The van der Waals surface area contributed by atoms with Crippen molar-refractivity contribution in [1.29, 1.82) is 0 Å². The van der Waals surface area contributed by atoms with Gasteiger partial charge in [-0.05, 0) is 43.9 Å². The molecular weight excluding hydrogens is 364 g/mol. The van der Waals surface area contributed by atoms with Crippen LogP contribution in [0.15, 0.2) is 29.2 Å². The van der Waals surface area contributed by atoms with Gasteiger partial charge in [0.1, 0.15) is 0 Å². The number of unbranched alkanes of at least 4 members (excludes halogenated alkanes) is 1. The van der Waals surface area contributed by atoms with E-state index in [2.05, 4.69) is 12.2 Å². The van der Waals surface area contributed by atoms with Crippen molar-refractivity contribution in [1.82, 2.24) is 9.62 Å². The topological polar surface area (TPSA) is 75.7 Å². The van der Waals surface area contributed by atoms with Gasteiger partial charge in [-0.3, -0.25) is 4.79 Å². The minimum absolute atomic E-state index is 0.194. The van der Waals surface area contributed by atoms with Crippen LogP contribution >= 0.6 is 0 Å². The van der Waals surface area contributed by atoms with E-state index in [1.165, 1.54) is 6.07 Å². The highest BCUT2D eigenvalue weighted by molar-refractivity contribution is 7.89. The van der Waals surface area contributed by atoms with Gasteiger partial charge in [0.2, 0.25) is 10.0 Å². The van der Waals surface area contributed by atoms with Gasteiger partial charge in [0.25, 0.3) is 5.91 Å². The van der Waals surface area contributed by atoms with Crippen molar-refractivity contribution in [2.75, 3.05) is 32.8 Å². The van der Waals surface area contributed by atoms with Crippen molar-refractivity contribution in [2.24, 2.45) is 0 Å². The minimum atomic E-state index is -3.55. The van der Waals surface area contributed by atoms with E-state index < -0.39 is 10.0 Å². The number of hydrogen-bond acceptors (Lipinski definition) is 4. The molecule has 1 N–H and O–H groups in total. The first-order chi connectivity index (χ1) is 13.1. The third kappa shape index (κ3) is 6.90. The van der Waals surface area contributed by atoms with E-state index in [0.29, 0.717) is 31.8 Å². The van der Waals surface area contributed by atoms with E-state index >= 15 is 0 Å². The molecule has 1 aromatic carbocycles. The fraction of sp³-hybridized carbons (Fsp3) is 0.650. The highest BCUT2D eigenvalue weighted by Gasteiger charge is 2.25. The highest BCUT2D eigenvalue weighted by atomic mass is 32.2. The summed E-state index contributed by atoms with van der Waals surface area (Å²) in [5.74, 6) is -0.253. The number of hydrogen-bond donors (Lipinski definition) is 1. The van der Waals surface area contributed by atoms with Gasteiger partial charge in [-0.25, -0.2) is 8.42 Å². The Morgan fingerprint density at radius 3 is 2.52 bits per heavy atom. The summed E-state index contributed by atoms with van der Waals surface area (Å²) in [7, 11) is -3.55. The number of carbonyl (C=O) groups is 1. The van der Waals surface area contributed by atoms with Crippen LogP contribution in [0.1, 0.15) is 62.2 Å². The quantitative estimate of drug-likeness (QED) is 0.616. The van der Waals surface area contributed by atoms with Gasteiger partial charge in [0, 0.05) is 38.4 Å². The first-order valence-electron chi connectivity index (χ1n) is 10.0. The number of carbonyl (C=O) groups excluding carboxylic acids is 1. The summed E-state index contributed by atoms with van der Waals surface area (Å²) in [6.07, 6.45) is 6.80. The SMILES string of the molecule is CCCCOCCCNC(=O)c1cccc(S(=O)(=O)N2CCCCCC2)c1. The second kappa shape index (κ2) is 11.4. The maximum Gasteiger partial charge on any atom is 0.251 e. The number of nitrogens with one attached hydrogen (secondary N) is 1. The Hall–Kier alpha value is -1.44. The molecule has 27 heavy (non-hydrogen) atoms. The molecule has 0 atom stereocenters. The first kappa shape index (κ1) is 21.9. The van der Waals surface area contributed by atoms with Crippen LogP contribution in [0.2, 0.25) is 0 Å². The summed E-state index contributed by atoms with van der Waals surface area (Å²) < 4.78 is 32.8. The average Bonchev–Trinajstić information content (AvgIpc) is 2.97. The van der Waals surface area contributed by atoms with Crippen LogP contribution in [0.4, 0.5) is 0 Å². The smallest absolute Gasteiger partial charge is 0.251 e. The van der Waals surface area contributed by atoms with Gasteiger partial charge < -0.3 is 10.1 Å². The van der Waals surface area contributed by atoms with Crippen LogP contribution in [0.5, 0.6) is 0 Å². The van der Waals surface area contributed by atoms with Gasteiger partial charge in [-0.15, -0.1) is 0 Å². The highest BCUT2D eigenvalue weighted by Crippen LogP contribution is 2.21. The number of nitrogens with zero attached hydrogens (tertiary/aromatic N) is 1. The molecule has 0 spiro atoms. The molecule has 6 nitrogen and oxygen atoms in total. The maximum absolute atomic E-state index is 12.9. The lowest BCUT2D eigenvalue weighted by atomic mass is 10.2. The second-order valence-electron chi connectivity index (χ2n) is 6.92. The van der Waals surface area contributed by atoms with E-state index in [1.54, 1.807) is 22.5 Å². The van der Waals surface area contributed by atoms with E-state index in [-0.39, 0.29) is 10.8 Å². The Balaban J connectivity index is 1.90. The first-order valence-corrected chi connectivity index (χ1v) is 11.5. The predicted molar refractivity (Wildman–Crippen MR) is 106 cm³/mol. The molecule has 1 heterocycles. The zero-order chi connectivity index (χ0) is 19.5. The van der Waals surface area contributed by atoms with Crippen molar-refractivity contribution in [2.45, 2.75) is 56.8 Å². The van der Waals surface area contributed by atoms with E-state index in [1.807, 2.05) is 0 Å². The fourth-order valence-corrected chi connectivity index (χ4v) is 4.62. The van der Waals surface area contributed by atoms with Gasteiger partial charge in [0.15, 0.2) is 0 Å². The molecule has 1 aliphatic rings. The third-order valence-corrected chi connectivity index (χ3v) is 6.59. The molecule has 1 aromatic rings. The van der Waals surface area contributed by atoms with Crippen LogP contribution in [0.3, 0.4) is 0 Å². The normalized spacial score (nSPS) is 16.0. The van der Waals surface area contributed by atoms with Crippen LogP contribution in [0, 0.1) is 0 Å². The molecule has 0 aromatic heterocycles. The molecule has 1 saturated heterocycles. The zero-order valence-corrected chi connectivity index (χ0v) is 17.1. The molecule has 1 amide bonds. The summed E-state index contributed by atoms with van der Waals surface area (Å²) in [5, 5.41) is 2.83. The number of sulfonamides is 1. The Bertz CT molecular complexity index is 683. The lowest BCUT2D eigenvalue weighted by Gasteiger charge is -2.20. The molecular formula is C20H32N2O4S. The van der Waals surface area contributed by atoms with Crippen molar-refractivity contribution in [3.8, 4) is 0 Å². The number of rotatable bonds is 10. The fourth-order valence-electron chi connectivity index (χ4n) is 3.06.